The van der Waals surface area contributed by atoms with Crippen LogP contribution < -0.4 is 10.4 Å². The monoisotopic (exact) mass is 494 g/mol. The van der Waals surface area contributed by atoms with E-state index in [1.807, 2.05) is 0 Å². The lowest BCUT2D eigenvalue weighted by Gasteiger charge is -2.14. The van der Waals surface area contributed by atoms with Gasteiger partial charge in [0.2, 0.25) is 0 Å². The summed E-state index contributed by atoms with van der Waals surface area (Å²) in [6, 6.07) is 14.0. The molecule has 0 unspecified atom stereocenters. The maximum absolute atomic E-state index is 12.9. The van der Waals surface area contributed by atoms with Crippen LogP contribution >= 0.6 is 11.6 Å². The second kappa shape index (κ2) is 9.86. The number of nitrogens with one attached hydrogen (secondary N) is 1. The van der Waals surface area contributed by atoms with Crippen LogP contribution in [0.1, 0.15) is 33.4 Å². The second-order valence-corrected chi connectivity index (χ2v) is 7.70. The first-order valence-corrected chi connectivity index (χ1v) is 10.8. The summed E-state index contributed by atoms with van der Waals surface area (Å²) < 4.78 is 15.5. The fourth-order valence-corrected chi connectivity index (χ4v) is 3.57. The predicted molar refractivity (Wildman–Crippen MR) is 126 cm³/mol. The summed E-state index contributed by atoms with van der Waals surface area (Å²) in [7, 11) is 1.27. The average Bonchev–Trinajstić information content (AvgIpc) is 3.44. The Morgan fingerprint density at radius 3 is 2.49 bits per heavy atom. The van der Waals surface area contributed by atoms with E-state index < -0.39 is 23.8 Å². The topological polar surface area (TPSA) is 115 Å². The molecule has 1 aromatic heterocycles. The summed E-state index contributed by atoms with van der Waals surface area (Å²) >= 11 is 6.11. The summed E-state index contributed by atoms with van der Waals surface area (Å²) in [6.07, 6.45) is 1.33. The van der Waals surface area contributed by atoms with Gasteiger partial charge < -0.3 is 13.9 Å². The van der Waals surface area contributed by atoms with Gasteiger partial charge in [0, 0.05) is 5.56 Å². The normalized spacial score (nSPS) is 14.3. The van der Waals surface area contributed by atoms with Gasteiger partial charge in [-0.05, 0) is 67.6 Å². The molecule has 35 heavy (non-hydrogen) atoms. The summed E-state index contributed by atoms with van der Waals surface area (Å²) in [5.41, 5.74) is 3.79. The predicted octanol–water partition coefficient (Wildman–Crippen LogP) is 4.02. The summed E-state index contributed by atoms with van der Waals surface area (Å²) in [6.45, 7) is 1.90. The Balaban J connectivity index is 1.56. The van der Waals surface area contributed by atoms with E-state index in [4.69, 9.17) is 20.8 Å². The number of rotatable bonds is 6. The molecular formula is C25H19ClN2O7. The smallest absolute Gasteiger partial charge is 0.339 e. The zero-order valence-corrected chi connectivity index (χ0v) is 19.4. The third-order valence-electron chi connectivity index (χ3n) is 5.10. The Bertz CT molecular complexity index is 1360. The highest BCUT2D eigenvalue weighted by atomic mass is 35.5. The number of furan rings is 1. The third-order valence-corrected chi connectivity index (χ3v) is 5.43. The molecule has 178 valence electrons. The lowest BCUT2D eigenvalue weighted by molar-refractivity contribution is -0.117. The van der Waals surface area contributed by atoms with E-state index in [1.54, 1.807) is 37.3 Å². The lowest BCUT2D eigenvalue weighted by atomic mass is 10.1. The van der Waals surface area contributed by atoms with Crippen LogP contribution in [0.15, 0.2) is 64.6 Å². The van der Waals surface area contributed by atoms with Crippen molar-refractivity contribution in [3.63, 3.8) is 0 Å². The molecule has 0 spiro atoms. The number of benzene rings is 2. The highest BCUT2D eigenvalue weighted by molar-refractivity contribution is 6.33. The van der Waals surface area contributed by atoms with Gasteiger partial charge in [0.05, 0.1) is 35.6 Å². The van der Waals surface area contributed by atoms with Crippen molar-refractivity contribution in [2.45, 2.75) is 6.92 Å². The molecule has 0 radical (unpaired) electrons. The standard InChI is InChI=1S/C25H19ClN2O7/c1-3-34-25(32)18-12-15(6-10-20(18)26)21-11-9-17(35-21)13-19-22(29)27-28(23(19)30)16-7-4-14(5-8-16)24(31)33-2/h4-13H,3H2,1-2H3,(H,27,29)/b19-13+. The molecule has 4 rings (SSSR count). The molecule has 10 heteroatoms. The van der Waals surface area contributed by atoms with Crippen molar-refractivity contribution in [1.29, 1.82) is 0 Å². The number of esters is 2. The molecule has 3 aromatic rings. The van der Waals surface area contributed by atoms with Crippen LogP contribution in [0.2, 0.25) is 5.02 Å². The fraction of sp³-hybridized carbons (Fsp3) is 0.120. The molecule has 1 fully saturated rings. The Hall–Kier alpha value is -4.37. The van der Waals surface area contributed by atoms with Crippen molar-refractivity contribution in [3.05, 3.63) is 82.1 Å². The summed E-state index contributed by atoms with van der Waals surface area (Å²) in [5.74, 6) is -1.61. The van der Waals surface area contributed by atoms with E-state index >= 15 is 0 Å². The van der Waals surface area contributed by atoms with Crippen LogP contribution in [0.25, 0.3) is 17.4 Å². The van der Waals surface area contributed by atoms with Gasteiger partial charge in [0.1, 0.15) is 17.1 Å². The van der Waals surface area contributed by atoms with Gasteiger partial charge >= 0.3 is 11.9 Å². The number of hydrogen-bond acceptors (Lipinski definition) is 7. The summed E-state index contributed by atoms with van der Waals surface area (Å²) in [5, 5.41) is 1.32. The van der Waals surface area contributed by atoms with Crippen molar-refractivity contribution >= 4 is 47.1 Å². The number of amides is 2. The number of methoxy groups -OCH3 is 1. The Labute approximate surface area is 204 Å². The number of hydrazine groups is 1. The van der Waals surface area contributed by atoms with Gasteiger partial charge in [-0.3, -0.25) is 15.0 Å². The van der Waals surface area contributed by atoms with E-state index in [2.05, 4.69) is 10.2 Å². The first-order valence-electron chi connectivity index (χ1n) is 10.4. The van der Waals surface area contributed by atoms with Crippen molar-refractivity contribution in [2.75, 3.05) is 18.7 Å². The SMILES string of the molecule is CCOC(=O)c1cc(-c2ccc(/C=C3\C(=O)NN(c4ccc(C(=O)OC)cc4)C3=O)o2)ccc1Cl. The molecule has 1 saturated heterocycles. The fourth-order valence-electron chi connectivity index (χ4n) is 3.38. The lowest BCUT2D eigenvalue weighted by Crippen LogP contribution is -2.35. The molecule has 2 heterocycles. The van der Waals surface area contributed by atoms with Crippen LogP contribution in [0.4, 0.5) is 5.69 Å². The maximum Gasteiger partial charge on any atom is 0.339 e. The minimum absolute atomic E-state index is 0.133. The largest absolute Gasteiger partial charge is 0.465 e. The van der Waals surface area contributed by atoms with Crippen LogP contribution in [0.3, 0.4) is 0 Å². The number of nitrogens with zero attached hydrogens (tertiary/aromatic N) is 1. The number of hydrogen-bond donors (Lipinski definition) is 1. The zero-order chi connectivity index (χ0) is 25.1. The molecule has 2 aromatic carbocycles. The first-order chi connectivity index (χ1) is 16.8. The molecule has 0 aliphatic carbocycles. The van der Waals surface area contributed by atoms with Gasteiger partial charge in [0.15, 0.2) is 0 Å². The van der Waals surface area contributed by atoms with Crippen molar-refractivity contribution < 1.29 is 33.1 Å². The number of anilines is 1. The van der Waals surface area contributed by atoms with Crippen LogP contribution in [-0.2, 0) is 19.1 Å². The van der Waals surface area contributed by atoms with Gasteiger partial charge in [-0.25, -0.2) is 14.6 Å². The maximum atomic E-state index is 12.9. The van der Waals surface area contributed by atoms with Gasteiger partial charge in [-0.2, -0.15) is 0 Å². The number of halogens is 1. The molecule has 0 bridgehead atoms. The van der Waals surface area contributed by atoms with Crippen molar-refractivity contribution in [1.82, 2.24) is 5.43 Å². The van der Waals surface area contributed by atoms with Gasteiger partial charge in [-0.15, -0.1) is 0 Å². The second-order valence-electron chi connectivity index (χ2n) is 7.30. The molecule has 1 N–H and O–H groups in total. The molecule has 0 saturated carbocycles. The quantitative estimate of drug-likeness (QED) is 0.312. The van der Waals surface area contributed by atoms with Crippen LogP contribution in [-0.4, -0.2) is 37.5 Å². The number of carbonyl (C=O) groups is 4. The first kappa shape index (κ1) is 23.8. The number of carbonyl (C=O) groups excluding carboxylic acids is 4. The van der Waals surface area contributed by atoms with E-state index in [9.17, 15) is 19.2 Å². The number of ether oxygens (including phenoxy) is 2. The van der Waals surface area contributed by atoms with E-state index in [-0.39, 0.29) is 28.5 Å². The molecule has 9 nitrogen and oxygen atoms in total. The van der Waals surface area contributed by atoms with Crippen molar-refractivity contribution in [2.24, 2.45) is 0 Å². The molecule has 1 aliphatic rings. The highest BCUT2D eigenvalue weighted by Crippen LogP contribution is 2.29. The minimum atomic E-state index is -0.610. The summed E-state index contributed by atoms with van der Waals surface area (Å²) in [4.78, 5) is 49.0. The molecular weight excluding hydrogens is 476 g/mol. The Morgan fingerprint density at radius 2 is 1.80 bits per heavy atom. The van der Waals surface area contributed by atoms with Gasteiger partial charge in [-0.1, -0.05) is 11.6 Å². The molecule has 1 aliphatic heterocycles. The Morgan fingerprint density at radius 1 is 1.06 bits per heavy atom. The minimum Gasteiger partial charge on any atom is -0.465 e. The van der Waals surface area contributed by atoms with Crippen molar-refractivity contribution in [3.8, 4) is 11.3 Å². The van der Waals surface area contributed by atoms with E-state index in [1.165, 1.54) is 37.5 Å². The molecule has 0 atom stereocenters. The third kappa shape index (κ3) is 4.80. The average molecular weight is 495 g/mol. The highest BCUT2D eigenvalue weighted by Gasteiger charge is 2.35. The van der Waals surface area contributed by atoms with Crippen LogP contribution in [0.5, 0.6) is 0 Å². The molecule has 2 amide bonds. The van der Waals surface area contributed by atoms with E-state index in [0.29, 0.717) is 22.6 Å². The zero-order valence-electron chi connectivity index (χ0n) is 18.7. The van der Waals surface area contributed by atoms with E-state index in [0.717, 1.165) is 5.01 Å². The Kier molecular flexibility index (Phi) is 6.70. The van der Waals surface area contributed by atoms with Crippen LogP contribution in [0, 0.1) is 0 Å². The van der Waals surface area contributed by atoms with Gasteiger partial charge in [0.25, 0.3) is 11.8 Å².